The number of nitrogen functional groups attached to an aromatic ring is 1. The second-order valence-electron chi connectivity index (χ2n) is 4.09. The van der Waals surface area contributed by atoms with Crippen molar-refractivity contribution in [2.24, 2.45) is 0 Å². The zero-order chi connectivity index (χ0) is 11.6. The molecule has 0 aliphatic carbocycles. The van der Waals surface area contributed by atoms with Crippen LogP contribution in [0.3, 0.4) is 0 Å². The van der Waals surface area contributed by atoms with Crippen LogP contribution in [0.25, 0.3) is 0 Å². The summed E-state index contributed by atoms with van der Waals surface area (Å²) in [5.41, 5.74) is 5.34. The summed E-state index contributed by atoms with van der Waals surface area (Å²) in [6.45, 7) is 5.32. The van der Waals surface area contributed by atoms with Gasteiger partial charge in [-0.2, -0.15) is 0 Å². The molecule has 0 unspecified atom stereocenters. The van der Waals surface area contributed by atoms with Crippen LogP contribution in [-0.4, -0.2) is 16.6 Å². The molecule has 0 saturated carbocycles. The molecule has 15 heavy (non-hydrogen) atoms. The number of nitrogens with zero attached hydrogens (tertiary/aromatic N) is 1. The Balaban J connectivity index is 2.92. The maximum absolute atomic E-state index is 11.6. The van der Waals surface area contributed by atoms with E-state index in [-0.39, 0.29) is 11.4 Å². The third-order valence-corrected chi connectivity index (χ3v) is 1.68. The Kier molecular flexibility index (Phi) is 3.19. The molecule has 82 valence electrons. The highest BCUT2D eigenvalue weighted by Crippen LogP contribution is 2.18. The molecule has 0 atom stereocenters. The Hall–Kier alpha value is -1.29. The van der Waals surface area contributed by atoms with Crippen LogP contribution in [0.1, 0.15) is 31.3 Å². The number of halogens is 1. The van der Waals surface area contributed by atoms with Crippen molar-refractivity contribution in [3.8, 4) is 0 Å². The minimum absolute atomic E-state index is 0.0920. The molecule has 1 rings (SSSR count). The minimum Gasteiger partial charge on any atom is -0.455 e. The number of carbonyl (C=O) groups excluding carboxylic acids is 1. The number of rotatable bonds is 1. The van der Waals surface area contributed by atoms with Crippen molar-refractivity contribution in [2.45, 2.75) is 26.4 Å². The van der Waals surface area contributed by atoms with E-state index in [2.05, 4.69) is 4.98 Å². The smallest absolute Gasteiger partial charge is 0.359 e. The first-order valence-electron chi connectivity index (χ1n) is 4.44. The van der Waals surface area contributed by atoms with Crippen LogP contribution < -0.4 is 5.73 Å². The Morgan fingerprint density at radius 1 is 1.53 bits per heavy atom. The van der Waals surface area contributed by atoms with Crippen LogP contribution >= 0.6 is 11.6 Å². The average Bonchev–Trinajstić information content (AvgIpc) is 1.99. The van der Waals surface area contributed by atoms with Crippen LogP contribution in [-0.2, 0) is 4.74 Å². The number of hydrogen-bond donors (Lipinski definition) is 1. The molecule has 2 N–H and O–H groups in total. The number of carbonyl (C=O) groups is 1. The van der Waals surface area contributed by atoms with Crippen molar-refractivity contribution in [3.05, 3.63) is 23.0 Å². The topological polar surface area (TPSA) is 65.2 Å². The predicted molar refractivity (Wildman–Crippen MR) is 58.8 cm³/mol. The number of anilines is 1. The lowest BCUT2D eigenvalue weighted by Crippen LogP contribution is -2.25. The van der Waals surface area contributed by atoms with E-state index in [4.69, 9.17) is 22.1 Å². The standard InChI is InChI=1S/C10H13ClN2O2/c1-10(2,3)15-9(14)8-7(12)4-6(11)5-13-8/h4-5H,12H2,1-3H3. The summed E-state index contributed by atoms with van der Waals surface area (Å²) in [7, 11) is 0. The highest BCUT2D eigenvalue weighted by atomic mass is 35.5. The van der Waals surface area contributed by atoms with E-state index >= 15 is 0 Å². The number of nitrogens with two attached hydrogens (primary N) is 1. The monoisotopic (exact) mass is 228 g/mol. The molecule has 4 nitrogen and oxygen atoms in total. The van der Waals surface area contributed by atoms with Crippen LogP contribution in [0.5, 0.6) is 0 Å². The summed E-state index contributed by atoms with van der Waals surface area (Å²) in [6, 6.07) is 1.47. The van der Waals surface area contributed by atoms with Crippen molar-refractivity contribution in [1.82, 2.24) is 4.98 Å². The Morgan fingerprint density at radius 3 is 2.60 bits per heavy atom. The van der Waals surface area contributed by atoms with Crippen molar-refractivity contribution < 1.29 is 9.53 Å². The number of hydrogen-bond acceptors (Lipinski definition) is 4. The van der Waals surface area contributed by atoms with E-state index in [9.17, 15) is 4.79 Å². The lowest BCUT2D eigenvalue weighted by molar-refractivity contribution is 0.00643. The first-order valence-corrected chi connectivity index (χ1v) is 4.82. The molecule has 0 radical (unpaired) electrons. The number of esters is 1. The minimum atomic E-state index is -0.565. The normalized spacial score (nSPS) is 11.2. The summed E-state index contributed by atoms with van der Waals surface area (Å²) < 4.78 is 5.12. The maximum atomic E-state index is 11.6. The number of ether oxygens (including phenoxy) is 1. The van der Waals surface area contributed by atoms with Gasteiger partial charge >= 0.3 is 5.97 Å². The summed E-state index contributed by atoms with van der Waals surface area (Å²) >= 11 is 5.66. The molecule has 0 aliphatic heterocycles. The van der Waals surface area contributed by atoms with Crippen molar-refractivity contribution in [1.29, 1.82) is 0 Å². The van der Waals surface area contributed by atoms with Gasteiger partial charge in [0, 0.05) is 6.20 Å². The van der Waals surface area contributed by atoms with Gasteiger partial charge in [0.1, 0.15) is 5.60 Å². The van der Waals surface area contributed by atoms with E-state index in [0.717, 1.165) is 0 Å². The molecular weight excluding hydrogens is 216 g/mol. The van der Waals surface area contributed by atoms with Crippen molar-refractivity contribution in [3.63, 3.8) is 0 Å². The van der Waals surface area contributed by atoms with Crippen LogP contribution in [0.15, 0.2) is 12.3 Å². The quantitative estimate of drug-likeness (QED) is 0.749. The predicted octanol–water partition coefficient (Wildman–Crippen LogP) is 2.27. The van der Waals surface area contributed by atoms with Gasteiger partial charge in [-0.1, -0.05) is 11.6 Å². The third kappa shape index (κ3) is 3.40. The van der Waals surface area contributed by atoms with Gasteiger partial charge in [-0.25, -0.2) is 9.78 Å². The lowest BCUT2D eigenvalue weighted by atomic mass is 10.2. The van der Waals surface area contributed by atoms with Gasteiger partial charge in [0.15, 0.2) is 5.69 Å². The van der Waals surface area contributed by atoms with E-state index in [0.29, 0.717) is 5.02 Å². The van der Waals surface area contributed by atoms with Gasteiger partial charge < -0.3 is 10.5 Å². The SMILES string of the molecule is CC(C)(C)OC(=O)c1ncc(Cl)cc1N. The molecule has 0 saturated heterocycles. The Morgan fingerprint density at radius 2 is 2.13 bits per heavy atom. The fourth-order valence-corrected chi connectivity index (χ4v) is 1.12. The molecule has 0 bridgehead atoms. The zero-order valence-electron chi connectivity index (χ0n) is 8.87. The molecule has 0 amide bonds. The van der Waals surface area contributed by atoms with Crippen LogP contribution in [0, 0.1) is 0 Å². The maximum Gasteiger partial charge on any atom is 0.359 e. The molecule has 0 spiro atoms. The number of aromatic nitrogens is 1. The van der Waals surface area contributed by atoms with Gasteiger partial charge in [-0.05, 0) is 26.8 Å². The Bertz CT molecular complexity index is 385. The number of pyridine rings is 1. The van der Waals surface area contributed by atoms with E-state index in [1.54, 1.807) is 20.8 Å². The van der Waals surface area contributed by atoms with Gasteiger partial charge in [0.25, 0.3) is 0 Å². The second kappa shape index (κ2) is 4.06. The van der Waals surface area contributed by atoms with Crippen molar-refractivity contribution >= 4 is 23.3 Å². The van der Waals surface area contributed by atoms with E-state index in [1.807, 2.05) is 0 Å². The van der Waals surface area contributed by atoms with Crippen molar-refractivity contribution in [2.75, 3.05) is 5.73 Å². The summed E-state index contributed by atoms with van der Waals surface area (Å²) in [5, 5.41) is 0.389. The first kappa shape index (κ1) is 11.8. The molecule has 1 heterocycles. The molecule has 0 fully saturated rings. The largest absolute Gasteiger partial charge is 0.455 e. The van der Waals surface area contributed by atoms with Crippen LogP contribution in [0.2, 0.25) is 5.02 Å². The molecule has 1 aromatic rings. The summed E-state index contributed by atoms with van der Waals surface area (Å²) in [4.78, 5) is 15.4. The first-order chi connectivity index (χ1) is 6.79. The Labute approximate surface area is 93.4 Å². The lowest BCUT2D eigenvalue weighted by Gasteiger charge is -2.19. The van der Waals surface area contributed by atoms with E-state index < -0.39 is 11.6 Å². The summed E-state index contributed by atoms with van der Waals surface area (Å²) in [6.07, 6.45) is 1.36. The van der Waals surface area contributed by atoms with Gasteiger partial charge in [-0.15, -0.1) is 0 Å². The van der Waals surface area contributed by atoms with Gasteiger partial charge in [0.05, 0.1) is 10.7 Å². The third-order valence-electron chi connectivity index (χ3n) is 1.48. The zero-order valence-corrected chi connectivity index (χ0v) is 9.63. The average molecular weight is 229 g/mol. The fourth-order valence-electron chi connectivity index (χ4n) is 0.952. The molecule has 5 heteroatoms. The van der Waals surface area contributed by atoms with Crippen LogP contribution in [0.4, 0.5) is 5.69 Å². The molecule has 1 aromatic heterocycles. The van der Waals surface area contributed by atoms with E-state index in [1.165, 1.54) is 12.3 Å². The molecule has 0 aliphatic rings. The highest BCUT2D eigenvalue weighted by Gasteiger charge is 2.20. The molecule has 0 aromatic carbocycles. The fraction of sp³-hybridized carbons (Fsp3) is 0.400. The van der Waals surface area contributed by atoms with Gasteiger partial charge in [-0.3, -0.25) is 0 Å². The second-order valence-corrected chi connectivity index (χ2v) is 4.53. The summed E-state index contributed by atoms with van der Waals surface area (Å²) in [5.74, 6) is -0.545. The molecular formula is C10H13ClN2O2. The van der Waals surface area contributed by atoms with Gasteiger partial charge in [0.2, 0.25) is 0 Å². The highest BCUT2D eigenvalue weighted by molar-refractivity contribution is 6.30.